The van der Waals surface area contributed by atoms with Crippen molar-refractivity contribution in [2.75, 3.05) is 16.3 Å². The van der Waals surface area contributed by atoms with Crippen LogP contribution in [0.25, 0.3) is 16.9 Å². The van der Waals surface area contributed by atoms with Gasteiger partial charge < -0.3 is 10.4 Å². The van der Waals surface area contributed by atoms with Gasteiger partial charge in [0.05, 0.1) is 36.1 Å². The summed E-state index contributed by atoms with van der Waals surface area (Å²) >= 11 is 0. The van der Waals surface area contributed by atoms with Gasteiger partial charge in [-0.25, -0.2) is 23.1 Å². The molecular formula is C20H19N7O3S. The Balaban J connectivity index is 1.50. The number of aliphatic hydroxyl groups is 1. The Morgan fingerprint density at radius 1 is 1.00 bits per heavy atom. The van der Waals surface area contributed by atoms with Crippen molar-refractivity contribution in [1.82, 2.24) is 25.0 Å². The number of anilines is 3. The minimum Gasteiger partial charge on any atom is -0.390 e. The number of benzene rings is 2. The van der Waals surface area contributed by atoms with E-state index in [1.165, 1.54) is 6.20 Å². The Bertz CT molecular complexity index is 1290. The van der Waals surface area contributed by atoms with Crippen LogP contribution in [0.1, 0.15) is 5.69 Å². The van der Waals surface area contributed by atoms with E-state index >= 15 is 0 Å². The van der Waals surface area contributed by atoms with E-state index in [0.717, 1.165) is 23.2 Å². The van der Waals surface area contributed by atoms with Gasteiger partial charge in [0.15, 0.2) is 0 Å². The van der Waals surface area contributed by atoms with Crippen molar-refractivity contribution in [3.8, 4) is 16.9 Å². The third-order valence-corrected chi connectivity index (χ3v) is 4.90. The lowest BCUT2D eigenvalue weighted by Gasteiger charge is -2.09. The molecule has 0 aliphatic heterocycles. The van der Waals surface area contributed by atoms with Crippen LogP contribution < -0.4 is 10.0 Å². The van der Waals surface area contributed by atoms with Crippen molar-refractivity contribution in [3.63, 3.8) is 0 Å². The van der Waals surface area contributed by atoms with Crippen LogP contribution in [-0.4, -0.2) is 44.7 Å². The first kappa shape index (κ1) is 20.4. The molecule has 2 aromatic heterocycles. The number of hydrogen-bond donors (Lipinski definition) is 3. The van der Waals surface area contributed by atoms with Gasteiger partial charge in [-0.15, -0.1) is 5.10 Å². The van der Waals surface area contributed by atoms with E-state index in [4.69, 9.17) is 0 Å². The number of hydrogen-bond acceptors (Lipinski definition) is 8. The molecule has 4 rings (SSSR count). The highest BCUT2D eigenvalue weighted by Gasteiger charge is 2.07. The van der Waals surface area contributed by atoms with Crippen molar-refractivity contribution in [3.05, 3.63) is 72.7 Å². The van der Waals surface area contributed by atoms with Crippen LogP contribution >= 0.6 is 0 Å². The van der Waals surface area contributed by atoms with Crippen LogP contribution in [0.3, 0.4) is 0 Å². The average Bonchev–Trinajstić information content (AvgIpc) is 3.23. The third-order valence-electron chi connectivity index (χ3n) is 4.29. The van der Waals surface area contributed by atoms with Crippen LogP contribution in [0, 0.1) is 0 Å². The molecule has 3 N–H and O–H groups in total. The Hall–Kier alpha value is -3.83. The van der Waals surface area contributed by atoms with Crippen LogP contribution in [0.15, 0.2) is 67.0 Å². The fraction of sp³-hybridized carbons (Fsp3) is 0.100. The number of sulfonamides is 1. The summed E-state index contributed by atoms with van der Waals surface area (Å²) in [5.41, 5.74) is 4.13. The smallest absolute Gasteiger partial charge is 0.229 e. The zero-order valence-corrected chi connectivity index (χ0v) is 17.3. The molecule has 0 saturated carbocycles. The molecule has 0 fully saturated rings. The van der Waals surface area contributed by atoms with Gasteiger partial charge in [-0.05, 0) is 42.5 Å². The van der Waals surface area contributed by atoms with Crippen LogP contribution in [0.4, 0.5) is 17.3 Å². The Morgan fingerprint density at radius 3 is 2.39 bits per heavy atom. The second-order valence-corrected chi connectivity index (χ2v) is 8.43. The molecule has 0 aliphatic rings. The van der Waals surface area contributed by atoms with E-state index in [0.29, 0.717) is 23.0 Å². The molecular weight excluding hydrogens is 418 g/mol. The SMILES string of the molecule is CS(=O)(=O)Nc1ccc(-c2ccnc(Nc3ccc(-n4nncc4CO)cc3)n2)cc1. The van der Waals surface area contributed by atoms with Gasteiger partial charge in [-0.1, -0.05) is 17.3 Å². The van der Waals surface area contributed by atoms with E-state index in [-0.39, 0.29) is 6.61 Å². The number of nitrogens with zero attached hydrogens (tertiary/aromatic N) is 5. The highest BCUT2D eigenvalue weighted by molar-refractivity contribution is 7.92. The van der Waals surface area contributed by atoms with Crippen LogP contribution in [0.5, 0.6) is 0 Å². The van der Waals surface area contributed by atoms with Gasteiger partial charge in [0.1, 0.15) is 0 Å². The molecule has 0 atom stereocenters. The third kappa shape index (κ3) is 5.02. The molecule has 2 aromatic carbocycles. The van der Waals surface area contributed by atoms with E-state index in [2.05, 4.69) is 30.3 Å². The molecule has 2 heterocycles. The summed E-state index contributed by atoms with van der Waals surface area (Å²) in [6.45, 7) is -0.154. The van der Waals surface area contributed by atoms with E-state index < -0.39 is 10.0 Å². The summed E-state index contributed by atoms with van der Waals surface area (Å²) < 4.78 is 26.7. The van der Waals surface area contributed by atoms with E-state index in [9.17, 15) is 13.5 Å². The maximum atomic E-state index is 11.3. The van der Waals surface area contributed by atoms with Gasteiger partial charge in [0, 0.05) is 23.1 Å². The summed E-state index contributed by atoms with van der Waals surface area (Å²) in [6, 6.07) is 16.1. The molecule has 11 heteroatoms. The predicted octanol–water partition coefficient (Wildman–Crippen LogP) is 2.33. The highest BCUT2D eigenvalue weighted by Crippen LogP contribution is 2.22. The standard InChI is InChI=1S/C20H19N7O3S/c1-31(29,30)25-16-4-2-14(3-5-16)19-10-11-21-20(24-19)23-15-6-8-17(9-7-15)27-18(13-28)12-22-26-27/h2-12,25,28H,13H2,1H3,(H,21,23,24). The molecule has 0 spiro atoms. The molecule has 4 aromatic rings. The van der Waals surface area contributed by atoms with Crippen molar-refractivity contribution in [2.45, 2.75) is 6.61 Å². The summed E-state index contributed by atoms with van der Waals surface area (Å²) in [5.74, 6) is 0.417. The molecule has 31 heavy (non-hydrogen) atoms. The number of aliphatic hydroxyl groups excluding tert-OH is 1. The molecule has 0 aliphatic carbocycles. The van der Waals surface area contributed by atoms with Crippen molar-refractivity contribution in [1.29, 1.82) is 0 Å². The molecule has 0 bridgehead atoms. The van der Waals surface area contributed by atoms with Gasteiger partial charge in [-0.2, -0.15) is 0 Å². The van der Waals surface area contributed by atoms with Crippen molar-refractivity contribution < 1.29 is 13.5 Å². The summed E-state index contributed by atoms with van der Waals surface area (Å²) in [6.07, 6.45) is 4.26. The first-order valence-corrected chi connectivity index (χ1v) is 11.1. The van der Waals surface area contributed by atoms with E-state index in [1.54, 1.807) is 41.2 Å². The van der Waals surface area contributed by atoms with E-state index in [1.807, 2.05) is 24.3 Å². The largest absolute Gasteiger partial charge is 0.390 e. The van der Waals surface area contributed by atoms with Gasteiger partial charge >= 0.3 is 0 Å². The monoisotopic (exact) mass is 437 g/mol. The molecule has 0 saturated heterocycles. The Labute approximate surface area is 178 Å². The highest BCUT2D eigenvalue weighted by atomic mass is 32.2. The topological polar surface area (TPSA) is 135 Å². The van der Waals surface area contributed by atoms with Crippen LogP contribution in [0.2, 0.25) is 0 Å². The maximum Gasteiger partial charge on any atom is 0.229 e. The second kappa shape index (κ2) is 8.50. The zero-order chi connectivity index (χ0) is 21.8. The molecule has 0 unspecified atom stereocenters. The molecule has 0 radical (unpaired) electrons. The summed E-state index contributed by atoms with van der Waals surface area (Å²) in [5, 5.41) is 20.3. The van der Waals surface area contributed by atoms with Gasteiger partial charge in [0.25, 0.3) is 0 Å². The lowest BCUT2D eigenvalue weighted by molar-refractivity contribution is 0.273. The first-order valence-electron chi connectivity index (χ1n) is 9.20. The molecule has 0 amide bonds. The minimum absolute atomic E-state index is 0.154. The zero-order valence-electron chi connectivity index (χ0n) is 16.5. The minimum atomic E-state index is -3.32. The first-order chi connectivity index (χ1) is 14.9. The van der Waals surface area contributed by atoms with Crippen molar-refractivity contribution >= 4 is 27.3 Å². The normalized spacial score (nSPS) is 11.3. The fourth-order valence-electron chi connectivity index (χ4n) is 2.90. The number of rotatable bonds is 7. The fourth-order valence-corrected chi connectivity index (χ4v) is 3.46. The summed E-state index contributed by atoms with van der Waals surface area (Å²) in [7, 11) is -3.32. The van der Waals surface area contributed by atoms with Gasteiger partial charge in [-0.3, -0.25) is 4.72 Å². The van der Waals surface area contributed by atoms with Gasteiger partial charge in [0.2, 0.25) is 16.0 Å². The number of nitrogens with one attached hydrogen (secondary N) is 2. The maximum absolute atomic E-state index is 11.3. The lowest BCUT2D eigenvalue weighted by Crippen LogP contribution is -2.09. The second-order valence-electron chi connectivity index (χ2n) is 6.68. The van der Waals surface area contributed by atoms with Crippen molar-refractivity contribution in [2.24, 2.45) is 0 Å². The quantitative estimate of drug-likeness (QED) is 0.401. The Morgan fingerprint density at radius 2 is 1.71 bits per heavy atom. The lowest BCUT2D eigenvalue weighted by atomic mass is 10.1. The Kier molecular flexibility index (Phi) is 5.60. The number of aromatic nitrogens is 5. The summed E-state index contributed by atoms with van der Waals surface area (Å²) in [4.78, 5) is 8.77. The molecule has 10 nitrogen and oxygen atoms in total. The molecule has 158 valence electrons. The predicted molar refractivity (Wildman–Crippen MR) is 116 cm³/mol. The average molecular weight is 437 g/mol. The van der Waals surface area contributed by atoms with Crippen LogP contribution in [-0.2, 0) is 16.6 Å².